The first kappa shape index (κ1) is 18.9. The maximum Gasteiger partial charge on any atom is 0.427 e. The Morgan fingerprint density at radius 1 is 1.21 bits per heavy atom. The largest absolute Gasteiger partial charge is 0.455 e. The zero-order valence-corrected chi connectivity index (χ0v) is 16.2. The lowest BCUT2D eigenvalue weighted by Gasteiger charge is -2.13. The van der Waals surface area contributed by atoms with E-state index in [1.165, 1.54) is 0 Å². The first-order valence-corrected chi connectivity index (χ1v) is 9.39. The normalized spacial score (nSPS) is 15.7. The van der Waals surface area contributed by atoms with Crippen LogP contribution < -0.4 is 20.2 Å². The van der Waals surface area contributed by atoms with Gasteiger partial charge >= 0.3 is 6.09 Å². The number of benzene rings is 1. The van der Waals surface area contributed by atoms with Crippen molar-refractivity contribution in [2.75, 3.05) is 18.7 Å². The van der Waals surface area contributed by atoms with Crippen LogP contribution in [0.3, 0.4) is 0 Å². The summed E-state index contributed by atoms with van der Waals surface area (Å²) in [7, 11) is 0. The summed E-state index contributed by atoms with van der Waals surface area (Å²) in [4.78, 5) is 24.3. The van der Waals surface area contributed by atoms with Crippen molar-refractivity contribution in [3.05, 3.63) is 40.8 Å². The molecule has 152 valence electrons. The first-order valence-electron chi connectivity index (χ1n) is 9.39. The topological polar surface area (TPSA) is 111 Å². The number of furan rings is 1. The summed E-state index contributed by atoms with van der Waals surface area (Å²) < 4.78 is 21.3. The molecule has 0 bridgehead atoms. The highest BCUT2D eigenvalue weighted by atomic mass is 16.7. The number of aryl methyl sites for hydroxylation is 1. The van der Waals surface area contributed by atoms with Gasteiger partial charge < -0.3 is 23.9 Å². The van der Waals surface area contributed by atoms with Gasteiger partial charge in [-0.15, -0.1) is 0 Å². The second-order valence-electron chi connectivity index (χ2n) is 6.62. The summed E-state index contributed by atoms with van der Waals surface area (Å²) in [5.41, 5.74) is 5.08. The maximum atomic E-state index is 12.8. The van der Waals surface area contributed by atoms with Crippen LogP contribution in [0, 0.1) is 6.92 Å². The second-order valence-corrected chi connectivity index (χ2v) is 6.62. The van der Waals surface area contributed by atoms with Crippen LogP contribution in [-0.4, -0.2) is 31.1 Å². The molecule has 1 aliphatic carbocycles. The van der Waals surface area contributed by atoms with Crippen molar-refractivity contribution in [1.82, 2.24) is 5.43 Å². The zero-order chi connectivity index (χ0) is 20.4. The van der Waals surface area contributed by atoms with Gasteiger partial charge in [0.1, 0.15) is 5.76 Å². The second kappa shape index (κ2) is 7.86. The molecular weight excluding hydrogens is 378 g/mol. The Balaban J connectivity index is 1.55. The van der Waals surface area contributed by atoms with Crippen molar-refractivity contribution in [3.8, 4) is 11.5 Å². The quantitative estimate of drug-likeness (QED) is 0.763. The Labute approximate surface area is 167 Å². The van der Waals surface area contributed by atoms with Gasteiger partial charge in [0.15, 0.2) is 17.3 Å². The molecule has 2 N–H and O–H groups in total. The van der Waals surface area contributed by atoms with Crippen LogP contribution in [0.4, 0.5) is 10.5 Å². The molecule has 0 unspecified atom stereocenters. The molecule has 0 atom stereocenters. The van der Waals surface area contributed by atoms with E-state index in [4.69, 9.17) is 18.6 Å². The first-order chi connectivity index (χ1) is 14.1. The molecular formula is C20H21N3O6. The SMILES string of the molecule is CCOC(=O)N/N=C1\CCCc2oc(C(=O)Nc3ccc4c(c3)OCO4)c(C)c21. The number of amides is 2. The summed E-state index contributed by atoms with van der Waals surface area (Å²) in [5.74, 6) is 1.76. The summed E-state index contributed by atoms with van der Waals surface area (Å²) in [5, 5.41) is 6.99. The summed E-state index contributed by atoms with van der Waals surface area (Å²) >= 11 is 0. The lowest BCUT2D eigenvalue weighted by atomic mass is 9.93. The Hall–Kier alpha value is -3.49. The number of nitrogens with one attached hydrogen (secondary N) is 2. The number of hydrogen-bond donors (Lipinski definition) is 2. The number of ether oxygens (including phenoxy) is 3. The number of rotatable bonds is 4. The number of carbonyl (C=O) groups is 2. The smallest absolute Gasteiger partial charge is 0.427 e. The van der Waals surface area contributed by atoms with Crippen LogP contribution in [-0.2, 0) is 11.2 Å². The van der Waals surface area contributed by atoms with E-state index in [0.29, 0.717) is 47.1 Å². The molecule has 0 radical (unpaired) electrons. The number of fused-ring (bicyclic) bond motifs is 2. The molecule has 0 saturated carbocycles. The minimum atomic E-state index is -0.617. The fraction of sp³-hybridized carbons (Fsp3) is 0.350. The molecule has 2 amide bonds. The molecule has 1 aromatic carbocycles. The van der Waals surface area contributed by atoms with Gasteiger partial charge in [-0.3, -0.25) is 4.79 Å². The lowest BCUT2D eigenvalue weighted by molar-refractivity contribution is 0.0994. The van der Waals surface area contributed by atoms with Gasteiger partial charge in [0.2, 0.25) is 6.79 Å². The van der Waals surface area contributed by atoms with E-state index >= 15 is 0 Å². The zero-order valence-electron chi connectivity index (χ0n) is 16.2. The molecule has 0 saturated heterocycles. The molecule has 2 aliphatic rings. The van der Waals surface area contributed by atoms with E-state index in [0.717, 1.165) is 12.0 Å². The Morgan fingerprint density at radius 3 is 2.86 bits per heavy atom. The molecule has 1 aliphatic heterocycles. The summed E-state index contributed by atoms with van der Waals surface area (Å²) in [6.45, 7) is 3.95. The van der Waals surface area contributed by atoms with Crippen molar-refractivity contribution < 1.29 is 28.2 Å². The molecule has 9 nitrogen and oxygen atoms in total. The van der Waals surface area contributed by atoms with Gasteiger partial charge in [-0.1, -0.05) is 0 Å². The Bertz CT molecular complexity index is 994. The average molecular weight is 399 g/mol. The average Bonchev–Trinajstić information content (AvgIpc) is 3.31. The molecule has 2 heterocycles. The van der Waals surface area contributed by atoms with Crippen molar-refractivity contribution in [1.29, 1.82) is 0 Å². The molecule has 9 heteroatoms. The Morgan fingerprint density at radius 2 is 2.03 bits per heavy atom. The summed E-state index contributed by atoms with van der Waals surface area (Å²) in [6.07, 6.45) is 1.57. The molecule has 0 fully saturated rings. The van der Waals surface area contributed by atoms with Gasteiger partial charge in [0.05, 0.1) is 12.3 Å². The highest BCUT2D eigenvalue weighted by molar-refractivity contribution is 6.09. The maximum absolute atomic E-state index is 12.8. The van der Waals surface area contributed by atoms with Gasteiger partial charge in [0.25, 0.3) is 5.91 Å². The van der Waals surface area contributed by atoms with E-state index in [-0.39, 0.29) is 25.1 Å². The fourth-order valence-corrected chi connectivity index (χ4v) is 3.44. The third kappa shape index (κ3) is 3.75. The van der Waals surface area contributed by atoms with Gasteiger partial charge in [-0.25, -0.2) is 10.2 Å². The number of hydrazone groups is 1. The number of anilines is 1. The van der Waals surface area contributed by atoms with Crippen LogP contribution in [0.2, 0.25) is 0 Å². The molecule has 1 aromatic heterocycles. The fourth-order valence-electron chi connectivity index (χ4n) is 3.44. The van der Waals surface area contributed by atoms with E-state index in [1.807, 2.05) is 6.92 Å². The van der Waals surface area contributed by atoms with Gasteiger partial charge in [0, 0.05) is 29.3 Å². The van der Waals surface area contributed by atoms with Crippen LogP contribution >= 0.6 is 0 Å². The minimum absolute atomic E-state index is 0.165. The number of carbonyl (C=O) groups excluding carboxylic acids is 2. The van der Waals surface area contributed by atoms with Gasteiger partial charge in [-0.2, -0.15) is 5.10 Å². The standard InChI is InChI=1S/C20H21N3O6/c1-3-26-20(25)23-22-13-5-4-6-15-17(13)11(2)18(29-15)19(24)21-12-7-8-14-16(9-12)28-10-27-14/h7-9H,3-6,10H2,1-2H3,(H,21,24)(H,23,25)/b22-13+. The third-order valence-corrected chi connectivity index (χ3v) is 4.72. The predicted octanol–water partition coefficient (Wildman–Crippen LogP) is 3.36. The van der Waals surface area contributed by atoms with E-state index in [1.54, 1.807) is 25.1 Å². The number of nitrogens with zero attached hydrogens (tertiary/aromatic N) is 1. The molecule has 2 aromatic rings. The van der Waals surface area contributed by atoms with Crippen molar-refractivity contribution >= 4 is 23.4 Å². The highest BCUT2D eigenvalue weighted by Crippen LogP contribution is 2.35. The minimum Gasteiger partial charge on any atom is -0.455 e. The van der Waals surface area contributed by atoms with E-state index in [2.05, 4.69) is 15.8 Å². The lowest BCUT2D eigenvalue weighted by Crippen LogP contribution is -2.22. The molecule has 29 heavy (non-hydrogen) atoms. The van der Waals surface area contributed by atoms with Crippen molar-refractivity contribution in [2.24, 2.45) is 5.10 Å². The molecule has 0 spiro atoms. The van der Waals surface area contributed by atoms with E-state index < -0.39 is 6.09 Å². The summed E-state index contributed by atoms with van der Waals surface area (Å²) in [6, 6.07) is 5.18. The van der Waals surface area contributed by atoms with Crippen molar-refractivity contribution in [3.63, 3.8) is 0 Å². The van der Waals surface area contributed by atoms with Crippen LogP contribution in [0.1, 0.15) is 47.2 Å². The monoisotopic (exact) mass is 399 g/mol. The number of hydrogen-bond acceptors (Lipinski definition) is 7. The van der Waals surface area contributed by atoms with Gasteiger partial charge in [-0.05, 0) is 38.8 Å². The molecule has 4 rings (SSSR count). The van der Waals surface area contributed by atoms with Crippen LogP contribution in [0.25, 0.3) is 0 Å². The third-order valence-electron chi connectivity index (χ3n) is 4.72. The highest BCUT2D eigenvalue weighted by Gasteiger charge is 2.28. The van der Waals surface area contributed by atoms with E-state index in [9.17, 15) is 9.59 Å². The predicted molar refractivity (Wildman–Crippen MR) is 104 cm³/mol. The van der Waals surface area contributed by atoms with Crippen molar-refractivity contribution in [2.45, 2.75) is 33.1 Å². The Kier molecular flexibility index (Phi) is 5.11. The van der Waals surface area contributed by atoms with Crippen LogP contribution in [0.15, 0.2) is 27.7 Å². The van der Waals surface area contributed by atoms with Crippen LogP contribution in [0.5, 0.6) is 11.5 Å².